The lowest BCUT2D eigenvalue weighted by Gasteiger charge is -2.37. The lowest BCUT2D eigenvalue weighted by molar-refractivity contribution is 0.0948. The van der Waals surface area contributed by atoms with Crippen molar-refractivity contribution in [2.24, 2.45) is 5.92 Å². The van der Waals surface area contributed by atoms with Gasteiger partial charge in [0.2, 0.25) is 0 Å². The third-order valence-corrected chi connectivity index (χ3v) is 6.42. The largest absolute Gasteiger partial charge is 0.378 e. The highest BCUT2D eigenvalue weighted by atomic mass is 16.1. The summed E-state index contributed by atoms with van der Waals surface area (Å²) in [5.41, 5.74) is 4.43. The van der Waals surface area contributed by atoms with Crippen molar-refractivity contribution in [2.45, 2.75) is 32.4 Å². The second-order valence-electron chi connectivity index (χ2n) is 8.00. The van der Waals surface area contributed by atoms with Crippen LogP contribution < -0.4 is 16.0 Å². The van der Waals surface area contributed by atoms with Gasteiger partial charge in [-0.1, -0.05) is 44.2 Å². The van der Waals surface area contributed by atoms with Gasteiger partial charge in [0.05, 0.1) is 6.04 Å². The van der Waals surface area contributed by atoms with E-state index in [0.717, 1.165) is 43.9 Å². The average Bonchev–Trinajstić information content (AvgIpc) is 3.26. The lowest BCUT2D eigenvalue weighted by Crippen LogP contribution is -2.35. The van der Waals surface area contributed by atoms with Crippen molar-refractivity contribution in [3.05, 3.63) is 65.2 Å². The summed E-state index contributed by atoms with van der Waals surface area (Å²) >= 11 is 0. The Morgan fingerprint density at radius 2 is 1.90 bits per heavy atom. The summed E-state index contributed by atoms with van der Waals surface area (Å²) in [5.74, 6) is 0.505. The van der Waals surface area contributed by atoms with E-state index in [2.05, 4.69) is 77.2 Å². The predicted octanol–water partition coefficient (Wildman–Crippen LogP) is 3.58. The van der Waals surface area contributed by atoms with Crippen LogP contribution in [0.15, 0.2) is 48.5 Å². The summed E-state index contributed by atoms with van der Waals surface area (Å²) in [7, 11) is 0. The third-order valence-electron chi connectivity index (χ3n) is 6.42. The van der Waals surface area contributed by atoms with E-state index in [1.807, 2.05) is 6.07 Å². The fourth-order valence-corrected chi connectivity index (χ4v) is 4.75. The Kier molecular flexibility index (Phi) is 6.16. The molecule has 0 aliphatic carbocycles. The zero-order chi connectivity index (χ0) is 20.2. The highest BCUT2D eigenvalue weighted by Gasteiger charge is 2.40. The molecular formula is C24H32N4O. The molecule has 0 spiro atoms. The molecule has 0 radical (unpaired) electrons. The fraction of sp³-hybridized carbons (Fsp3) is 0.458. The standard InChI is InChI=1S/C24H32N4O/c1-3-28(4-2)15-14-26-24(29)18-10-11-21-20(16-18)23-19(12-13-25-23)22(27-21)17-8-6-5-7-9-17/h5-11,16,19,22-23,25,27H,3-4,12-15H2,1-2H3,(H,26,29). The maximum Gasteiger partial charge on any atom is 0.251 e. The van der Waals surface area contributed by atoms with Gasteiger partial charge >= 0.3 is 0 Å². The second kappa shape index (κ2) is 8.97. The third kappa shape index (κ3) is 4.16. The highest BCUT2D eigenvalue weighted by Crippen LogP contribution is 2.47. The molecule has 0 saturated carbocycles. The Morgan fingerprint density at radius 3 is 2.66 bits per heavy atom. The van der Waals surface area contributed by atoms with Crippen LogP contribution in [0, 0.1) is 5.92 Å². The van der Waals surface area contributed by atoms with Gasteiger partial charge in [0, 0.05) is 36.3 Å². The monoisotopic (exact) mass is 392 g/mol. The van der Waals surface area contributed by atoms with E-state index < -0.39 is 0 Å². The molecule has 3 N–H and O–H groups in total. The van der Waals surface area contributed by atoms with E-state index in [4.69, 9.17) is 0 Å². The van der Waals surface area contributed by atoms with Crippen molar-refractivity contribution < 1.29 is 4.79 Å². The number of nitrogens with zero attached hydrogens (tertiary/aromatic N) is 1. The fourth-order valence-electron chi connectivity index (χ4n) is 4.75. The van der Waals surface area contributed by atoms with Crippen molar-refractivity contribution in [3.8, 4) is 0 Å². The summed E-state index contributed by atoms with van der Waals surface area (Å²) in [6, 6.07) is 17.4. The van der Waals surface area contributed by atoms with Crippen LogP contribution in [-0.4, -0.2) is 43.5 Å². The maximum atomic E-state index is 12.7. The molecule has 4 rings (SSSR count). The molecule has 2 aromatic rings. The van der Waals surface area contributed by atoms with Gasteiger partial charge in [0.25, 0.3) is 5.91 Å². The first-order valence-electron chi connectivity index (χ1n) is 10.9. The zero-order valence-electron chi connectivity index (χ0n) is 17.4. The molecule has 2 heterocycles. The van der Waals surface area contributed by atoms with E-state index in [-0.39, 0.29) is 5.91 Å². The normalized spacial score (nSPS) is 22.7. The Morgan fingerprint density at radius 1 is 1.10 bits per heavy atom. The lowest BCUT2D eigenvalue weighted by atomic mass is 9.80. The van der Waals surface area contributed by atoms with Gasteiger partial charge in [-0.2, -0.15) is 0 Å². The topological polar surface area (TPSA) is 56.4 Å². The SMILES string of the molecule is CCN(CC)CCNC(=O)c1ccc2c(c1)C1NCCC1C(c1ccccc1)N2. The Hall–Kier alpha value is -2.37. The first-order chi connectivity index (χ1) is 14.2. The molecule has 3 atom stereocenters. The minimum atomic E-state index is 0.0136. The summed E-state index contributed by atoms with van der Waals surface area (Å²) in [4.78, 5) is 15.0. The summed E-state index contributed by atoms with van der Waals surface area (Å²) < 4.78 is 0. The average molecular weight is 393 g/mol. The number of amides is 1. The molecule has 3 unspecified atom stereocenters. The van der Waals surface area contributed by atoms with Gasteiger partial charge in [0.15, 0.2) is 0 Å². The molecule has 5 heteroatoms. The van der Waals surface area contributed by atoms with Crippen LogP contribution in [0.4, 0.5) is 5.69 Å². The van der Waals surface area contributed by atoms with Gasteiger partial charge in [0.1, 0.15) is 0 Å². The Bertz CT molecular complexity index is 834. The minimum absolute atomic E-state index is 0.0136. The van der Waals surface area contributed by atoms with E-state index in [1.54, 1.807) is 0 Å². The number of rotatable bonds is 7. The van der Waals surface area contributed by atoms with Gasteiger partial charge < -0.3 is 20.9 Å². The van der Waals surface area contributed by atoms with Gasteiger partial charge in [-0.25, -0.2) is 0 Å². The Balaban J connectivity index is 1.50. The molecule has 154 valence electrons. The van der Waals surface area contributed by atoms with E-state index in [0.29, 0.717) is 24.5 Å². The van der Waals surface area contributed by atoms with Crippen LogP contribution in [0.3, 0.4) is 0 Å². The summed E-state index contributed by atoms with van der Waals surface area (Å²) in [6.07, 6.45) is 1.14. The molecule has 1 saturated heterocycles. The maximum absolute atomic E-state index is 12.7. The van der Waals surface area contributed by atoms with Crippen LogP contribution in [0.25, 0.3) is 0 Å². The molecule has 2 aliphatic heterocycles. The molecule has 0 aromatic heterocycles. The molecule has 5 nitrogen and oxygen atoms in total. The molecule has 1 amide bonds. The van der Waals surface area contributed by atoms with Crippen LogP contribution in [0.1, 0.15) is 53.8 Å². The number of benzene rings is 2. The number of carbonyl (C=O) groups is 1. The number of anilines is 1. The molecule has 2 aromatic carbocycles. The molecule has 0 bridgehead atoms. The number of hydrogen-bond acceptors (Lipinski definition) is 4. The van der Waals surface area contributed by atoms with E-state index in [1.165, 1.54) is 11.1 Å². The van der Waals surface area contributed by atoms with Crippen LogP contribution in [0.5, 0.6) is 0 Å². The van der Waals surface area contributed by atoms with Gasteiger partial charge in [-0.15, -0.1) is 0 Å². The van der Waals surface area contributed by atoms with Crippen LogP contribution in [0.2, 0.25) is 0 Å². The number of likely N-dealkylation sites (N-methyl/N-ethyl adjacent to an activating group) is 1. The minimum Gasteiger partial charge on any atom is -0.378 e. The predicted molar refractivity (Wildman–Crippen MR) is 118 cm³/mol. The van der Waals surface area contributed by atoms with Crippen molar-refractivity contribution in [1.29, 1.82) is 0 Å². The van der Waals surface area contributed by atoms with Gasteiger partial charge in [-0.05, 0) is 55.4 Å². The second-order valence-corrected chi connectivity index (χ2v) is 8.00. The van der Waals surface area contributed by atoms with Crippen LogP contribution in [-0.2, 0) is 0 Å². The molecule has 2 aliphatic rings. The molecule has 1 fully saturated rings. The van der Waals surface area contributed by atoms with Crippen LogP contribution >= 0.6 is 0 Å². The highest BCUT2D eigenvalue weighted by molar-refractivity contribution is 5.95. The molecule has 29 heavy (non-hydrogen) atoms. The van der Waals surface area contributed by atoms with Crippen molar-refractivity contribution >= 4 is 11.6 Å². The summed E-state index contributed by atoms with van der Waals surface area (Å²) in [5, 5.41) is 10.5. The molecular weight excluding hydrogens is 360 g/mol. The smallest absolute Gasteiger partial charge is 0.251 e. The first-order valence-corrected chi connectivity index (χ1v) is 10.9. The van der Waals surface area contributed by atoms with E-state index >= 15 is 0 Å². The van der Waals surface area contributed by atoms with Crippen molar-refractivity contribution in [1.82, 2.24) is 15.5 Å². The summed E-state index contributed by atoms with van der Waals surface area (Å²) in [6.45, 7) is 8.89. The number of hydrogen-bond donors (Lipinski definition) is 3. The number of carbonyl (C=O) groups excluding carboxylic acids is 1. The zero-order valence-corrected chi connectivity index (χ0v) is 17.4. The quantitative estimate of drug-likeness (QED) is 0.674. The number of fused-ring (bicyclic) bond motifs is 3. The number of nitrogens with one attached hydrogen (secondary N) is 3. The van der Waals surface area contributed by atoms with Crippen molar-refractivity contribution in [2.75, 3.05) is 38.0 Å². The Labute approximate surface area is 173 Å². The first kappa shape index (κ1) is 19.9. The van der Waals surface area contributed by atoms with Crippen molar-refractivity contribution in [3.63, 3.8) is 0 Å². The van der Waals surface area contributed by atoms with Gasteiger partial charge in [-0.3, -0.25) is 4.79 Å². The van der Waals surface area contributed by atoms with E-state index in [9.17, 15) is 4.79 Å².